The van der Waals surface area contributed by atoms with Crippen LogP contribution in [0.4, 0.5) is 4.79 Å². The molecule has 226 valence electrons. The van der Waals surface area contributed by atoms with E-state index in [9.17, 15) is 9.59 Å². The maximum absolute atomic E-state index is 12.3. The number of amides is 2. The Balaban J connectivity index is 0.000000225. The van der Waals surface area contributed by atoms with Crippen molar-refractivity contribution in [2.45, 2.75) is 58.2 Å². The number of nitrogens with one attached hydrogen (secondary N) is 1. The third-order valence-corrected chi connectivity index (χ3v) is 7.30. The Morgan fingerprint density at radius 2 is 1.76 bits per heavy atom. The van der Waals surface area contributed by atoms with Crippen LogP contribution in [0.1, 0.15) is 55.5 Å². The molecule has 2 amide bonds. The second kappa shape index (κ2) is 16.8. The maximum Gasteiger partial charge on any atom is 0.410 e. The second-order valence-corrected chi connectivity index (χ2v) is 10.9. The minimum Gasteiger partial charge on any atom is -0.493 e. The van der Waals surface area contributed by atoms with Crippen molar-refractivity contribution >= 4 is 12.0 Å². The van der Waals surface area contributed by atoms with E-state index in [1.165, 1.54) is 0 Å². The molecule has 2 aromatic rings. The molecule has 0 radical (unpaired) electrons. The molecule has 2 aromatic carbocycles. The molecule has 1 saturated heterocycles. The molecule has 0 aromatic heterocycles. The van der Waals surface area contributed by atoms with Gasteiger partial charge in [0.15, 0.2) is 11.5 Å². The summed E-state index contributed by atoms with van der Waals surface area (Å²) in [6.07, 6.45) is 4.04. The zero-order valence-corrected chi connectivity index (χ0v) is 25.3. The lowest BCUT2D eigenvalue weighted by molar-refractivity contribution is 0.0754. The van der Waals surface area contributed by atoms with Crippen LogP contribution >= 0.6 is 0 Å². The van der Waals surface area contributed by atoms with Crippen molar-refractivity contribution in [3.05, 3.63) is 59.7 Å². The van der Waals surface area contributed by atoms with Gasteiger partial charge in [0.05, 0.1) is 13.7 Å². The minimum atomic E-state index is -0.150. The average Bonchev–Trinajstić information content (AvgIpc) is 3.71. The highest BCUT2D eigenvalue weighted by molar-refractivity contribution is 5.95. The number of ether oxygens (including phenoxy) is 4. The smallest absolute Gasteiger partial charge is 0.410 e. The highest BCUT2D eigenvalue weighted by Gasteiger charge is 2.35. The summed E-state index contributed by atoms with van der Waals surface area (Å²) >= 11 is 0. The third kappa shape index (κ3) is 10.6. The van der Waals surface area contributed by atoms with Crippen LogP contribution < -0.4 is 14.8 Å². The molecule has 0 bridgehead atoms. The predicted octanol–water partition coefficient (Wildman–Crippen LogP) is 4.99. The molecule has 1 atom stereocenters. The van der Waals surface area contributed by atoms with Crippen LogP contribution in [0.5, 0.6) is 11.5 Å². The van der Waals surface area contributed by atoms with Crippen molar-refractivity contribution in [2.24, 2.45) is 5.92 Å². The minimum absolute atomic E-state index is 0.0330. The molecule has 1 unspecified atom stereocenters. The predicted molar refractivity (Wildman–Crippen MR) is 160 cm³/mol. The van der Waals surface area contributed by atoms with E-state index < -0.39 is 0 Å². The normalized spacial score (nSPS) is 16.0. The van der Waals surface area contributed by atoms with E-state index in [0.29, 0.717) is 48.8 Å². The van der Waals surface area contributed by atoms with Crippen molar-refractivity contribution in [3.8, 4) is 11.5 Å². The van der Waals surface area contributed by atoms with Crippen LogP contribution in [0, 0.1) is 5.92 Å². The molecular formula is C32H47N3O6. The number of hydrogen-bond donors (Lipinski definition) is 1. The van der Waals surface area contributed by atoms with E-state index in [1.807, 2.05) is 49.1 Å². The fourth-order valence-corrected chi connectivity index (χ4v) is 4.46. The van der Waals surface area contributed by atoms with E-state index >= 15 is 0 Å². The Morgan fingerprint density at radius 3 is 2.37 bits per heavy atom. The summed E-state index contributed by atoms with van der Waals surface area (Å²) in [5.41, 5.74) is 1.63. The van der Waals surface area contributed by atoms with Crippen molar-refractivity contribution in [2.75, 3.05) is 54.1 Å². The molecule has 2 aliphatic rings. The number of carbonyl (C=O) groups excluding carboxylic acids is 2. The monoisotopic (exact) mass is 569 g/mol. The number of nitrogens with zero attached hydrogens (tertiary/aromatic N) is 2. The van der Waals surface area contributed by atoms with Crippen LogP contribution in [0.15, 0.2) is 48.5 Å². The van der Waals surface area contributed by atoms with E-state index in [-0.39, 0.29) is 18.0 Å². The first kappa shape index (κ1) is 32.2. The standard InChI is InChI=1S/C16H22N2O2.C16H25NO4/c19-16(20-12-13-4-2-1-3-5-13)18(15-6-7-15)11-14-8-9-17-10-14;1-12(2)17(3)16(18)13-7-8-14(20-5)15(11-13)21-10-6-9-19-4/h1-5,14-15,17H,6-12H2;7-8,11-12H,6,9-10H2,1-5H3. The zero-order valence-electron chi connectivity index (χ0n) is 25.3. The summed E-state index contributed by atoms with van der Waals surface area (Å²) in [6.45, 7) is 8.40. The SMILES string of the molecule is COCCCOc1cc(C(=O)N(C)C(C)C)ccc1OC.O=C(OCc1ccccc1)N(CC1CCNC1)C1CC1. The van der Waals surface area contributed by atoms with Crippen LogP contribution in [0.2, 0.25) is 0 Å². The van der Waals surface area contributed by atoms with Crippen molar-refractivity contribution < 1.29 is 28.5 Å². The fraction of sp³-hybridized carbons (Fsp3) is 0.562. The Labute approximate surface area is 245 Å². The van der Waals surface area contributed by atoms with Gasteiger partial charge in [0.1, 0.15) is 6.61 Å². The summed E-state index contributed by atoms with van der Waals surface area (Å²) < 4.78 is 21.4. The molecule has 1 heterocycles. The van der Waals surface area contributed by atoms with Gasteiger partial charge in [0.2, 0.25) is 0 Å². The lowest BCUT2D eigenvalue weighted by Gasteiger charge is -2.24. The van der Waals surface area contributed by atoms with Gasteiger partial charge in [-0.25, -0.2) is 4.79 Å². The largest absolute Gasteiger partial charge is 0.493 e. The molecule has 2 fully saturated rings. The number of benzene rings is 2. The molecule has 41 heavy (non-hydrogen) atoms. The highest BCUT2D eigenvalue weighted by atomic mass is 16.6. The van der Waals surface area contributed by atoms with Gasteiger partial charge in [-0.3, -0.25) is 4.79 Å². The van der Waals surface area contributed by atoms with Crippen LogP contribution in [0.25, 0.3) is 0 Å². The Bertz CT molecular complexity index is 1070. The topological polar surface area (TPSA) is 89.6 Å². The molecule has 0 spiro atoms. The first-order chi connectivity index (χ1) is 19.8. The summed E-state index contributed by atoms with van der Waals surface area (Å²) in [5, 5.41) is 3.36. The van der Waals surface area contributed by atoms with Gasteiger partial charge in [0, 0.05) is 51.4 Å². The van der Waals surface area contributed by atoms with Gasteiger partial charge in [-0.15, -0.1) is 0 Å². The quantitative estimate of drug-likeness (QED) is 0.340. The van der Waals surface area contributed by atoms with Gasteiger partial charge in [-0.1, -0.05) is 30.3 Å². The number of carbonyl (C=O) groups is 2. The average molecular weight is 570 g/mol. The maximum atomic E-state index is 12.3. The van der Waals surface area contributed by atoms with Crippen molar-refractivity contribution in [1.82, 2.24) is 15.1 Å². The number of methoxy groups -OCH3 is 2. The molecule has 9 nitrogen and oxygen atoms in total. The Kier molecular flexibility index (Phi) is 13.2. The number of hydrogen-bond acceptors (Lipinski definition) is 7. The summed E-state index contributed by atoms with van der Waals surface area (Å²) in [7, 11) is 5.02. The summed E-state index contributed by atoms with van der Waals surface area (Å²) in [5.74, 6) is 1.75. The van der Waals surface area contributed by atoms with Gasteiger partial charge >= 0.3 is 6.09 Å². The lowest BCUT2D eigenvalue weighted by Crippen LogP contribution is -2.38. The molecule has 1 saturated carbocycles. The van der Waals surface area contributed by atoms with Gasteiger partial charge < -0.3 is 34.1 Å². The lowest BCUT2D eigenvalue weighted by atomic mass is 10.1. The molecule has 9 heteroatoms. The van der Waals surface area contributed by atoms with E-state index in [1.54, 1.807) is 44.4 Å². The highest BCUT2D eigenvalue weighted by Crippen LogP contribution is 2.30. The first-order valence-corrected chi connectivity index (χ1v) is 14.6. The molecule has 1 aliphatic heterocycles. The van der Waals surface area contributed by atoms with Crippen molar-refractivity contribution in [3.63, 3.8) is 0 Å². The Morgan fingerprint density at radius 1 is 1.00 bits per heavy atom. The molecular weight excluding hydrogens is 522 g/mol. The Hall–Kier alpha value is -3.30. The van der Waals surface area contributed by atoms with Crippen LogP contribution in [-0.4, -0.2) is 88.0 Å². The zero-order chi connectivity index (χ0) is 29.6. The summed E-state index contributed by atoms with van der Waals surface area (Å²) in [4.78, 5) is 28.2. The van der Waals surface area contributed by atoms with E-state index in [2.05, 4.69) is 5.32 Å². The van der Waals surface area contributed by atoms with Crippen LogP contribution in [0.3, 0.4) is 0 Å². The number of rotatable bonds is 13. The fourth-order valence-electron chi connectivity index (χ4n) is 4.46. The third-order valence-electron chi connectivity index (χ3n) is 7.30. The molecule has 1 N–H and O–H groups in total. The molecule has 1 aliphatic carbocycles. The summed E-state index contributed by atoms with van der Waals surface area (Å²) in [6, 6.07) is 15.7. The van der Waals surface area contributed by atoms with Gasteiger partial charge in [0.25, 0.3) is 5.91 Å². The van der Waals surface area contributed by atoms with Crippen molar-refractivity contribution in [1.29, 1.82) is 0 Å². The molecule has 4 rings (SSSR count). The van der Waals surface area contributed by atoms with Gasteiger partial charge in [-0.2, -0.15) is 0 Å². The second-order valence-electron chi connectivity index (χ2n) is 10.9. The van der Waals surface area contributed by atoms with Crippen LogP contribution in [-0.2, 0) is 16.1 Å². The van der Waals surface area contributed by atoms with Gasteiger partial charge in [-0.05, 0) is 75.9 Å². The van der Waals surface area contributed by atoms with E-state index in [0.717, 1.165) is 50.9 Å². The first-order valence-electron chi connectivity index (χ1n) is 14.6. The van der Waals surface area contributed by atoms with E-state index in [4.69, 9.17) is 18.9 Å².